The topological polar surface area (TPSA) is 45.5 Å². The summed E-state index contributed by atoms with van der Waals surface area (Å²) in [6.07, 6.45) is 1.58. The van der Waals surface area contributed by atoms with Gasteiger partial charge in [0, 0.05) is 10.7 Å². The van der Waals surface area contributed by atoms with Gasteiger partial charge >= 0.3 is 0 Å². The number of halogens is 1. The van der Waals surface area contributed by atoms with Gasteiger partial charge in [-0.3, -0.25) is 0 Å². The molecule has 0 spiro atoms. The third-order valence-electron chi connectivity index (χ3n) is 1.29. The number of aromatic nitrogens is 1. The lowest BCUT2D eigenvalue weighted by molar-refractivity contribution is 0.513. The number of aliphatic hydroxyl groups excluding tert-OH is 1. The van der Waals surface area contributed by atoms with Crippen molar-refractivity contribution >= 4 is 34.2 Å². The second kappa shape index (κ2) is 3.49. The molecule has 1 N–H and O–H groups in total. The van der Waals surface area contributed by atoms with E-state index in [0.29, 0.717) is 11.4 Å². The number of rotatable bonds is 2. The fraction of sp³-hybridized carbons (Fsp3) is 0. The first-order valence-corrected chi connectivity index (χ1v) is 3.95. The zero-order valence-electron chi connectivity index (χ0n) is 6.29. The molecule has 1 heterocycles. The van der Waals surface area contributed by atoms with Crippen LogP contribution in [-0.2, 0) is 0 Å². The Labute approximate surface area is 78.6 Å². The number of nitrogens with zero attached hydrogens (tertiary/aromatic N) is 2. The molecule has 0 bridgehead atoms. The highest BCUT2D eigenvalue weighted by molar-refractivity contribution is 9.10. The molecule has 0 amide bonds. The van der Waals surface area contributed by atoms with Crippen molar-refractivity contribution in [2.24, 2.45) is 4.99 Å². The molecule has 0 saturated heterocycles. The number of pyridine rings is 1. The maximum absolute atomic E-state index is 9.12. The molecule has 1 aromatic heterocycles. The van der Waals surface area contributed by atoms with Crippen LogP contribution >= 0.6 is 15.9 Å². The molecule has 0 unspecified atom stereocenters. The molecule has 12 heavy (non-hydrogen) atoms. The molecule has 4 heteroatoms. The maximum atomic E-state index is 9.12. The van der Waals surface area contributed by atoms with Gasteiger partial charge < -0.3 is 5.11 Å². The predicted molar refractivity (Wildman–Crippen MR) is 52.8 cm³/mol. The zero-order chi connectivity index (χ0) is 9.14. The number of aliphatic imine (C=N–C) groups is 1. The van der Waals surface area contributed by atoms with Gasteiger partial charge in [0.05, 0.1) is 5.56 Å². The molecule has 0 aromatic carbocycles. The summed E-state index contributed by atoms with van der Waals surface area (Å²) in [7, 11) is 0. The van der Waals surface area contributed by atoms with E-state index in [0.717, 1.165) is 4.47 Å². The van der Waals surface area contributed by atoms with Crippen LogP contribution in [0.25, 0.3) is 5.76 Å². The minimum atomic E-state index is -0.0637. The highest BCUT2D eigenvalue weighted by atomic mass is 79.9. The van der Waals surface area contributed by atoms with Crippen LogP contribution in [0.2, 0.25) is 0 Å². The second-order valence-electron chi connectivity index (χ2n) is 2.13. The van der Waals surface area contributed by atoms with Crippen LogP contribution in [-0.4, -0.2) is 16.8 Å². The molecule has 0 aliphatic rings. The Morgan fingerprint density at radius 1 is 1.67 bits per heavy atom. The Bertz CT molecular complexity index is 336. The molecule has 3 nitrogen and oxygen atoms in total. The Hall–Kier alpha value is -1.16. The SMILES string of the molecule is C=Nc1ncc(Br)cc1C(=C)O. The third-order valence-corrected chi connectivity index (χ3v) is 1.73. The van der Waals surface area contributed by atoms with Gasteiger partial charge in [-0.15, -0.1) is 0 Å². The summed E-state index contributed by atoms with van der Waals surface area (Å²) in [5.74, 6) is 0.317. The first-order valence-electron chi connectivity index (χ1n) is 3.15. The predicted octanol–water partition coefficient (Wildman–Crippen LogP) is 2.70. The van der Waals surface area contributed by atoms with Crippen LogP contribution in [0.15, 0.2) is 28.3 Å². The van der Waals surface area contributed by atoms with E-state index in [-0.39, 0.29) is 5.76 Å². The summed E-state index contributed by atoms with van der Waals surface area (Å²) in [6.45, 7) is 6.71. The Balaban J connectivity index is 3.30. The van der Waals surface area contributed by atoms with Gasteiger partial charge in [0.1, 0.15) is 5.76 Å². The van der Waals surface area contributed by atoms with Gasteiger partial charge in [-0.2, -0.15) is 0 Å². The highest BCUT2D eigenvalue weighted by Gasteiger charge is 2.04. The van der Waals surface area contributed by atoms with Crippen LogP contribution in [0.4, 0.5) is 5.82 Å². The van der Waals surface area contributed by atoms with Crippen molar-refractivity contribution in [3.05, 3.63) is 28.9 Å². The summed E-state index contributed by atoms with van der Waals surface area (Å²) in [6, 6.07) is 1.68. The van der Waals surface area contributed by atoms with Gasteiger partial charge in [0.15, 0.2) is 5.82 Å². The van der Waals surface area contributed by atoms with E-state index in [9.17, 15) is 0 Å². The molecule has 0 saturated carbocycles. The minimum absolute atomic E-state index is 0.0637. The lowest BCUT2D eigenvalue weighted by Crippen LogP contribution is -1.85. The van der Waals surface area contributed by atoms with Crippen molar-refractivity contribution < 1.29 is 5.11 Å². The molecule has 0 aliphatic carbocycles. The quantitative estimate of drug-likeness (QED) is 0.623. The number of aliphatic hydroxyl groups is 1. The van der Waals surface area contributed by atoms with Crippen LogP contribution in [0.3, 0.4) is 0 Å². The molecule has 0 atom stereocenters. The smallest absolute Gasteiger partial charge is 0.162 e. The van der Waals surface area contributed by atoms with Crippen molar-refractivity contribution in [1.82, 2.24) is 4.98 Å². The van der Waals surface area contributed by atoms with Crippen LogP contribution < -0.4 is 0 Å². The summed E-state index contributed by atoms with van der Waals surface area (Å²) in [5.41, 5.74) is 0.486. The van der Waals surface area contributed by atoms with E-state index in [4.69, 9.17) is 5.11 Å². The lowest BCUT2D eigenvalue weighted by atomic mass is 10.2. The lowest BCUT2D eigenvalue weighted by Gasteiger charge is -2.01. The maximum Gasteiger partial charge on any atom is 0.162 e. The molecular weight excluding hydrogens is 220 g/mol. The first-order chi connectivity index (χ1) is 5.65. The fourth-order valence-corrected chi connectivity index (χ4v) is 1.10. The fourth-order valence-electron chi connectivity index (χ4n) is 0.770. The molecule has 0 radical (unpaired) electrons. The van der Waals surface area contributed by atoms with Crippen molar-refractivity contribution in [3.63, 3.8) is 0 Å². The highest BCUT2D eigenvalue weighted by Crippen LogP contribution is 2.24. The molecule has 1 rings (SSSR count). The summed E-state index contributed by atoms with van der Waals surface area (Å²) in [4.78, 5) is 7.55. The monoisotopic (exact) mass is 226 g/mol. The van der Waals surface area contributed by atoms with Gasteiger partial charge in [-0.25, -0.2) is 9.98 Å². The van der Waals surface area contributed by atoms with Gasteiger partial charge in [0.2, 0.25) is 0 Å². The molecule has 1 aromatic rings. The number of hydrogen-bond acceptors (Lipinski definition) is 3. The minimum Gasteiger partial charge on any atom is -0.508 e. The average molecular weight is 227 g/mol. The van der Waals surface area contributed by atoms with Crippen molar-refractivity contribution in [3.8, 4) is 0 Å². The van der Waals surface area contributed by atoms with Crippen LogP contribution in [0, 0.1) is 0 Å². The summed E-state index contributed by atoms with van der Waals surface area (Å²) in [5, 5.41) is 9.12. The zero-order valence-corrected chi connectivity index (χ0v) is 7.87. The molecule has 62 valence electrons. The molecule has 0 aliphatic heterocycles. The van der Waals surface area contributed by atoms with E-state index in [1.165, 1.54) is 0 Å². The first kappa shape index (κ1) is 8.93. The largest absolute Gasteiger partial charge is 0.508 e. The Morgan fingerprint density at radius 3 is 2.83 bits per heavy atom. The van der Waals surface area contributed by atoms with Crippen molar-refractivity contribution in [2.75, 3.05) is 0 Å². The van der Waals surface area contributed by atoms with E-state index < -0.39 is 0 Å². The van der Waals surface area contributed by atoms with Crippen LogP contribution in [0.5, 0.6) is 0 Å². The van der Waals surface area contributed by atoms with Gasteiger partial charge in [0.25, 0.3) is 0 Å². The van der Waals surface area contributed by atoms with E-state index in [1.54, 1.807) is 12.3 Å². The normalized spacial score (nSPS) is 9.42. The third kappa shape index (κ3) is 1.71. The van der Waals surface area contributed by atoms with E-state index >= 15 is 0 Å². The van der Waals surface area contributed by atoms with E-state index in [1.807, 2.05) is 0 Å². The van der Waals surface area contributed by atoms with Crippen molar-refractivity contribution in [2.45, 2.75) is 0 Å². The standard InChI is InChI=1S/C8H7BrN2O/c1-5(12)7-3-6(9)4-11-8(7)10-2/h3-4,12H,1-2H2. The number of hydrogen-bond donors (Lipinski definition) is 1. The molecular formula is C8H7BrN2O. The van der Waals surface area contributed by atoms with E-state index in [2.05, 4.69) is 39.2 Å². The summed E-state index contributed by atoms with van der Waals surface area (Å²) >= 11 is 3.22. The Morgan fingerprint density at radius 2 is 2.33 bits per heavy atom. The van der Waals surface area contributed by atoms with Gasteiger partial charge in [-0.1, -0.05) is 6.58 Å². The van der Waals surface area contributed by atoms with Gasteiger partial charge in [-0.05, 0) is 28.7 Å². The second-order valence-corrected chi connectivity index (χ2v) is 3.05. The summed E-state index contributed by atoms with van der Waals surface area (Å²) < 4.78 is 0.764. The van der Waals surface area contributed by atoms with Crippen LogP contribution in [0.1, 0.15) is 5.56 Å². The Kier molecular flexibility index (Phi) is 2.60. The molecule has 0 fully saturated rings. The average Bonchev–Trinajstić information content (AvgIpc) is 2.04. The van der Waals surface area contributed by atoms with Crippen molar-refractivity contribution in [1.29, 1.82) is 0 Å².